The van der Waals surface area contributed by atoms with E-state index in [4.69, 9.17) is 23.2 Å². The van der Waals surface area contributed by atoms with E-state index >= 15 is 0 Å². The van der Waals surface area contributed by atoms with Gasteiger partial charge in [-0.15, -0.1) is 0 Å². The molecule has 0 unspecified atom stereocenters. The van der Waals surface area contributed by atoms with E-state index < -0.39 is 0 Å². The summed E-state index contributed by atoms with van der Waals surface area (Å²) in [7, 11) is 0. The van der Waals surface area contributed by atoms with Gasteiger partial charge in [0.1, 0.15) is 5.82 Å². The van der Waals surface area contributed by atoms with Crippen molar-refractivity contribution in [3.63, 3.8) is 0 Å². The molecule has 0 amide bonds. The lowest BCUT2D eigenvalue weighted by atomic mass is 10.1. The molecule has 3 nitrogen and oxygen atoms in total. The molecule has 0 aliphatic rings. The Morgan fingerprint density at radius 2 is 1.81 bits per heavy atom. The average Bonchev–Trinajstić information content (AvgIpc) is 2.49. The van der Waals surface area contributed by atoms with Crippen LogP contribution in [0.3, 0.4) is 0 Å². The summed E-state index contributed by atoms with van der Waals surface area (Å²) in [6.07, 6.45) is 2.54. The van der Waals surface area contributed by atoms with Crippen LogP contribution in [-0.2, 0) is 6.42 Å². The zero-order valence-electron chi connectivity index (χ0n) is 11.2. The van der Waals surface area contributed by atoms with Crippen LogP contribution >= 0.6 is 23.2 Å². The summed E-state index contributed by atoms with van der Waals surface area (Å²) in [4.78, 5) is 8.88. The first-order valence-electron chi connectivity index (χ1n) is 6.62. The number of benzene rings is 2. The molecule has 0 radical (unpaired) electrons. The van der Waals surface area contributed by atoms with Gasteiger partial charge in [-0.25, -0.2) is 4.98 Å². The van der Waals surface area contributed by atoms with Gasteiger partial charge in [-0.2, -0.15) is 0 Å². The van der Waals surface area contributed by atoms with E-state index in [-0.39, 0.29) is 0 Å². The van der Waals surface area contributed by atoms with E-state index in [2.05, 4.69) is 15.3 Å². The third kappa shape index (κ3) is 3.43. The van der Waals surface area contributed by atoms with Crippen molar-refractivity contribution in [1.82, 2.24) is 9.97 Å². The Morgan fingerprint density at radius 1 is 1.00 bits per heavy atom. The normalized spacial score (nSPS) is 10.8. The molecule has 0 fully saturated rings. The van der Waals surface area contributed by atoms with Crippen LogP contribution in [0.1, 0.15) is 5.56 Å². The van der Waals surface area contributed by atoms with E-state index in [1.165, 1.54) is 0 Å². The third-order valence-electron chi connectivity index (χ3n) is 3.16. The fourth-order valence-corrected chi connectivity index (χ4v) is 2.60. The van der Waals surface area contributed by atoms with Crippen molar-refractivity contribution in [2.24, 2.45) is 0 Å². The Balaban J connectivity index is 1.66. The number of nitrogens with one attached hydrogen (secondary N) is 1. The van der Waals surface area contributed by atoms with Crippen LogP contribution < -0.4 is 5.32 Å². The van der Waals surface area contributed by atoms with Gasteiger partial charge in [0.2, 0.25) is 0 Å². The van der Waals surface area contributed by atoms with Crippen LogP contribution in [0, 0.1) is 0 Å². The van der Waals surface area contributed by atoms with Gasteiger partial charge in [-0.1, -0.05) is 41.4 Å². The molecule has 1 heterocycles. The number of halogens is 2. The molecule has 5 heteroatoms. The molecule has 2 aromatic carbocycles. The van der Waals surface area contributed by atoms with E-state index in [1.54, 1.807) is 12.3 Å². The van der Waals surface area contributed by atoms with Crippen molar-refractivity contribution in [3.8, 4) is 0 Å². The first kappa shape index (κ1) is 14.1. The third-order valence-corrected chi connectivity index (χ3v) is 3.75. The second kappa shape index (κ2) is 6.29. The zero-order valence-corrected chi connectivity index (χ0v) is 12.7. The van der Waals surface area contributed by atoms with E-state index in [1.807, 2.05) is 36.4 Å². The standard InChI is InChI=1S/C16H13Cl2N3/c17-12-6-5-11(13(18)9-12)7-8-19-16-10-20-14-3-1-2-4-15(14)21-16/h1-6,9-10H,7-8H2,(H,19,21). The van der Waals surface area contributed by atoms with Crippen LogP contribution in [0.25, 0.3) is 11.0 Å². The number of hydrogen-bond acceptors (Lipinski definition) is 3. The van der Waals surface area contributed by atoms with E-state index in [0.717, 1.165) is 35.4 Å². The van der Waals surface area contributed by atoms with Crippen LogP contribution in [0.5, 0.6) is 0 Å². The minimum absolute atomic E-state index is 0.650. The van der Waals surface area contributed by atoms with Gasteiger partial charge in [-0.3, -0.25) is 4.98 Å². The smallest absolute Gasteiger partial charge is 0.145 e. The van der Waals surface area contributed by atoms with Crippen LogP contribution in [0.2, 0.25) is 10.0 Å². The lowest BCUT2D eigenvalue weighted by Gasteiger charge is -2.08. The lowest BCUT2D eigenvalue weighted by molar-refractivity contribution is 1.01. The molecule has 1 aromatic heterocycles. The molecule has 0 bridgehead atoms. The number of fused-ring (bicyclic) bond motifs is 1. The quantitative estimate of drug-likeness (QED) is 0.764. The zero-order chi connectivity index (χ0) is 14.7. The highest BCUT2D eigenvalue weighted by Gasteiger charge is 2.02. The average molecular weight is 318 g/mol. The molecule has 0 aliphatic carbocycles. The van der Waals surface area contributed by atoms with E-state index in [9.17, 15) is 0 Å². The molecule has 0 saturated carbocycles. The van der Waals surface area contributed by atoms with Crippen LogP contribution in [0.15, 0.2) is 48.7 Å². The highest BCUT2D eigenvalue weighted by atomic mass is 35.5. The predicted molar refractivity (Wildman–Crippen MR) is 88.2 cm³/mol. The molecule has 3 aromatic rings. The Kier molecular flexibility index (Phi) is 4.23. The number of rotatable bonds is 4. The molecule has 106 valence electrons. The van der Waals surface area contributed by atoms with Gasteiger partial charge in [0, 0.05) is 16.6 Å². The fraction of sp³-hybridized carbons (Fsp3) is 0.125. The highest BCUT2D eigenvalue weighted by molar-refractivity contribution is 6.35. The summed E-state index contributed by atoms with van der Waals surface area (Å²) < 4.78 is 0. The minimum atomic E-state index is 0.650. The summed E-state index contributed by atoms with van der Waals surface area (Å²) in [5.41, 5.74) is 2.83. The summed E-state index contributed by atoms with van der Waals surface area (Å²) in [5.74, 6) is 0.763. The Hall–Kier alpha value is -1.84. The topological polar surface area (TPSA) is 37.8 Å². The molecular formula is C16H13Cl2N3. The first-order chi connectivity index (χ1) is 10.2. The van der Waals surface area contributed by atoms with Crippen molar-refractivity contribution in [3.05, 3.63) is 64.3 Å². The summed E-state index contributed by atoms with van der Waals surface area (Å²) in [6, 6.07) is 13.3. The maximum absolute atomic E-state index is 6.15. The first-order valence-corrected chi connectivity index (χ1v) is 7.37. The number of hydrogen-bond donors (Lipinski definition) is 1. The van der Waals surface area contributed by atoms with Gasteiger partial charge in [0.05, 0.1) is 17.2 Å². The molecule has 0 saturated heterocycles. The molecular weight excluding hydrogens is 305 g/mol. The Morgan fingerprint density at radius 3 is 2.62 bits per heavy atom. The van der Waals surface area contributed by atoms with Crippen molar-refractivity contribution in [2.45, 2.75) is 6.42 Å². The highest BCUT2D eigenvalue weighted by Crippen LogP contribution is 2.21. The summed E-state index contributed by atoms with van der Waals surface area (Å²) in [6.45, 7) is 0.731. The summed E-state index contributed by atoms with van der Waals surface area (Å²) >= 11 is 12.0. The van der Waals surface area contributed by atoms with Crippen molar-refractivity contribution in [2.75, 3.05) is 11.9 Å². The van der Waals surface area contributed by atoms with Gasteiger partial charge in [0.15, 0.2) is 0 Å². The number of aromatic nitrogens is 2. The van der Waals surface area contributed by atoms with Gasteiger partial charge in [-0.05, 0) is 36.2 Å². The molecule has 0 aliphatic heterocycles. The monoisotopic (exact) mass is 317 g/mol. The van der Waals surface area contributed by atoms with Crippen LogP contribution in [-0.4, -0.2) is 16.5 Å². The second-order valence-electron chi connectivity index (χ2n) is 4.66. The molecule has 3 rings (SSSR count). The molecule has 1 N–H and O–H groups in total. The number of para-hydroxylation sites is 2. The number of anilines is 1. The predicted octanol–water partition coefficient (Wildman–Crippen LogP) is 4.59. The minimum Gasteiger partial charge on any atom is -0.368 e. The fourth-order valence-electron chi connectivity index (χ4n) is 2.09. The Labute approximate surface area is 132 Å². The summed E-state index contributed by atoms with van der Waals surface area (Å²) in [5, 5.41) is 4.60. The van der Waals surface area contributed by atoms with E-state index in [0.29, 0.717) is 10.0 Å². The molecule has 21 heavy (non-hydrogen) atoms. The lowest BCUT2D eigenvalue weighted by Crippen LogP contribution is -2.07. The maximum atomic E-state index is 6.15. The van der Waals surface area contributed by atoms with Crippen LogP contribution in [0.4, 0.5) is 5.82 Å². The van der Waals surface area contributed by atoms with Crippen molar-refractivity contribution >= 4 is 40.1 Å². The molecule has 0 spiro atoms. The van der Waals surface area contributed by atoms with Crippen molar-refractivity contribution < 1.29 is 0 Å². The second-order valence-corrected chi connectivity index (χ2v) is 5.50. The molecule has 0 atom stereocenters. The van der Waals surface area contributed by atoms with Gasteiger partial charge >= 0.3 is 0 Å². The number of nitrogens with zero attached hydrogens (tertiary/aromatic N) is 2. The maximum Gasteiger partial charge on any atom is 0.145 e. The Bertz CT molecular complexity index is 774. The largest absolute Gasteiger partial charge is 0.368 e. The SMILES string of the molecule is Clc1ccc(CCNc2cnc3ccccc3n2)c(Cl)c1. The van der Waals surface area contributed by atoms with Gasteiger partial charge in [0.25, 0.3) is 0 Å². The van der Waals surface area contributed by atoms with Crippen molar-refractivity contribution in [1.29, 1.82) is 0 Å². The van der Waals surface area contributed by atoms with Gasteiger partial charge < -0.3 is 5.32 Å².